The number of carbonyl (C=O) groups excluding carboxylic acids is 2. The first kappa shape index (κ1) is 23.5. The van der Waals surface area contributed by atoms with Crippen molar-refractivity contribution < 1.29 is 14.3 Å². The third-order valence-electron chi connectivity index (χ3n) is 5.47. The molecule has 2 aromatic carbocycles. The molecule has 0 radical (unpaired) electrons. The highest BCUT2D eigenvalue weighted by atomic mass is 16.5. The summed E-state index contributed by atoms with van der Waals surface area (Å²) >= 11 is 0. The van der Waals surface area contributed by atoms with Crippen molar-refractivity contribution in [1.82, 2.24) is 10.2 Å². The third kappa shape index (κ3) is 6.34. The zero-order valence-electron chi connectivity index (χ0n) is 19.0. The monoisotopic (exact) mass is 410 g/mol. The summed E-state index contributed by atoms with van der Waals surface area (Å²) in [5.41, 5.74) is 4.14. The van der Waals surface area contributed by atoms with Crippen LogP contribution in [0.3, 0.4) is 0 Å². The van der Waals surface area contributed by atoms with Crippen molar-refractivity contribution in [2.24, 2.45) is 0 Å². The van der Waals surface area contributed by atoms with E-state index in [1.165, 1.54) is 0 Å². The van der Waals surface area contributed by atoms with Crippen molar-refractivity contribution in [3.05, 3.63) is 64.7 Å². The van der Waals surface area contributed by atoms with Gasteiger partial charge in [-0.1, -0.05) is 43.3 Å². The number of ether oxygens (including phenoxy) is 1. The Labute approximate surface area is 180 Å². The highest BCUT2D eigenvalue weighted by molar-refractivity contribution is 5.88. The molecular formula is C25H34N2O3. The van der Waals surface area contributed by atoms with Gasteiger partial charge in [0.25, 0.3) is 5.91 Å². The predicted octanol–water partition coefficient (Wildman–Crippen LogP) is 4.32. The number of rotatable bonds is 9. The van der Waals surface area contributed by atoms with Crippen LogP contribution in [0.2, 0.25) is 0 Å². The molecule has 0 saturated carbocycles. The van der Waals surface area contributed by atoms with E-state index in [1.807, 2.05) is 77.1 Å². The molecular weight excluding hydrogens is 376 g/mol. The maximum Gasteiger partial charge on any atom is 0.261 e. The van der Waals surface area contributed by atoms with E-state index in [0.717, 1.165) is 28.7 Å². The Morgan fingerprint density at radius 3 is 2.40 bits per heavy atom. The van der Waals surface area contributed by atoms with Gasteiger partial charge in [-0.05, 0) is 69.4 Å². The van der Waals surface area contributed by atoms with E-state index in [4.69, 9.17) is 4.74 Å². The minimum atomic E-state index is -0.603. The lowest BCUT2D eigenvalue weighted by Crippen LogP contribution is -2.50. The SMILES string of the molecule is CC[C@@H](C)NC(=O)[C@H](C)N(Cc1ccccc1C)C(=O)COc1cc(C)ccc1C. The summed E-state index contributed by atoms with van der Waals surface area (Å²) in [6.45, 7) is 11.9. The lowest BCUT2D eigenvalue weighted by Gasteiger charge is -2.30. The van der Waals surface area contributed by atoms with Gasteiger partial charge in [0.05, 0.1) is 0 Å². The molecule has 0 aromatic heterocycles. The van der Waals surface area contributed by atoms with Gasteiger partial charge in [-0.3, -0.25) is 9.59 Å². The van der Waals surface area contributed by atoms with E-state index in [9.17, 15) is 9.59 Å². The molecule has 0 aliphatic rings. The highest BCUT2D eigenvalue weighted by Crippen LogP contribution is 2.20. The summed E-state index contributed by atoms with van der Waals surface area (Å²) < 4.78 is 5.84. The maximum absolute atomic E-state index is 13.2. The van der Waals surface area contributed by atoms with Crippen LogP contribution in [-0.2, 0) is 16.1 Å². The molecule has 2 aromatic rings. The van der Waals surface area contributed by atoms with E-state index in [1.54, 1.807) is 11.8 Å². The quantitative estimate of drug-likeness (QED) is 0.670. The zero-order chi connectivity index (χ0) is 22.3. The number of nitrogens with one attached hydrogen (secondary N) is 1. The minimum absolute atomic E-state index is 0.0570. The Balaban J connectivity index is 2.20. The van der Waals surface area contributed by atoms with Crippen molar-refractivity contribution in [3.8, 4) is 5.75 Å². The third-order valence-corrected chi connectivity index (χ3v) is 5.47. The van der Waals surface area contributed by atoms with Gasteiger partial charge >= 0.3 is 0 Å². The molecule has 5 heteroatoms. The van der Waals surface area contributed by atoms with Crippen LogP contribution in [-0.4, -0.2) is 35.4 Å². The molecule has 0 saturated heterocycles. The van der Waals surface area contributed by atoms with Crippen LogP contribution in [0.15, 0.2) is 42.5 Å². The fourth-order valence-electron chi connectivity index (χ4n) is 3.10. The standard InChI is InChI=1S/C25H34N2O3/c1-7-20(5)26-25(29)21(6)27(15-22-11-9-8-10-18(22)3)24(28)16-30-23-14-17(2)12-13-19(23)4/h8-14,20-21H,7,15-16H2,1-6H3,(H,26,29)/t20-,21+/m1/s1. The molecule has 2 rings (SSSR count). The van der Waals surface area contributed by atoms with Crippen molar-refractivity contribution in [3.63, 3.8) is 0 Å². The van der Waals surface area contributed by atoms with Gasteiger partial charge in [-0.15, -0.1) is 0 Å². The summed E-state index contributed by atoms with van der Waals surface area (Å²) in [6.07, 6.45) is 0.833. The minimum Gasteiger partial charge on any atom is -0.483 e. The molecule has 2 amide bonds. The van der Waals surface area contributed by atoms with E-state index >= 15 is 0 Å². The molecule has 0 aliphatic carbocycles. The van der Waals surface area contributed by atoms with Crippen LogP contribution in [0.1, 0.15) is 49.4 Å². The van der Waals surface area contributed by atoms with E-state index in [2.05, 4.69) is 5.32 Å². The molecule has 5 nitrogen and oxygen atoms in total. The average molecular weight is 411 g/mol. The normalized spacial score (nSPS) is 12.7. The molecule has 162 valence electrons. The van der Waals surface area contributed by atoms with Gasteiger partial charge in [0.1, 0.15) is 11.8 Å². The maximum atomic E-state index is 13.2. The van der Waals surface area contributed by atoms with Gasteiger partial charge in [0.15, 0.2) is 6.61 Å². The van der Waals surface area contributed by atoms with E-state index in [0.29, 0.717) is 12.3 Å². The Hall–Kier alpha value is -2.82. The molecule has 0 spiro atoms. The summed E-state index contributed by atoms with van der Waals surface area (Å²) in [7, 11) is 0. The number of hydrogen-bond acceptors (Lipinski definition) is 3. The second kappa shape index (κ2) is 10.8. The smallest absolute Gasteiger partial charge is 0.261 e. The van der Waals surface area contributed by atoms with Gasteiger partial charge in [0.2, 0.25) is 5.91 Å². The fraction of sp³-hybridized carbons (Fsp3) is 0.440. The van der Waals surface area contributed by atoms with Crippen LogP contribution >= 0.6 is 0 Å². The largest absolute Gasteiger partial charge is 0.483 e. The van der Waals surface area contributed by atoms with Gasteiger partial charge in [0, 0.05) is 12.6 Å². The van der Waals surface area contributed by atoms with Crippen molar-refractivity contribution in [1.29, 1.82) is 0 Å². The Morgan fingerprint density at radius 1 is 1.03 bits per heavy atom. The average Bonchev–Trinajstić information content (AvgIpc) is 2.72. The topological polar surface area (TPSA) is 58.6 Å². The van der Waals surface area contributed by atoms with Crippen LogP contribution in [0, 0.1) is 20.8 Å². The molecule has 0 bridgehead atoms. The van der Waals surface area contributed by atoms with Crippen LogP contribution < -0.4 is 10.1 Å². The van der Waals surface area contributed by atoms with Crippen LogP contribution in [0.5, 0.6) is 5.75 Å². The van der Waals surface area contributed by atoms with Gasteiger partial charge in [-0.25, -0.2) is 0 Å². The molecule has 2 atom stereocenters. The van der Waals surface area contributed by atoms with Crippen molar-refractivity contribution in [2.45, 2.75) is 66.6 Å². The number of nitrogens with zero attached hydrogens (tertiary/aromatic N) is 1. The van der Waals surface area contributed by atoms with Crippen LogP contribution in [0.25, 0.3) is 0 Å². The number of carbonyl (C=O) groups is 2. The summed E-state index contributed by atoms with van der Waals surface area (Å²) in [5.74, 6) is 0.319. The van der Waals surface area contributed by atoms with Gasteiger partial charge < -0.3 is 15.0 Å². The molecule has 0 unspecified atom stereocenters. The molecule has 0 fully saturated rings. The summed E-state index contributed by atoms with van der Waals surface area (Å²) in [4.78, 5) is 27.5. The second-order valence-electron chi connectivity index (χ2n) is 8.00. The molecule has 0 heterocycles. The Kier molecular flexibility index (Phi) is 8.46. The summed E-state index contributed by atoms with van der Waals surface area (Å²) in [5, 5.41) is 2.98. The molecule has 0 aliphatic heterocycles. The van der Waals surface area contributed by atoms with E-state index in [-0.39, 0.29) is 24.5 Å². The highest BCUT2D eigenvalue weighted by Gasteiger charge is 2.27. The van der Waals surface area contributed by atoms with Crippen molar-refractivity contribution >= 4 is 11.8 Å². The fourth-order valence-corrected chi connectivity index (χ4v) is 3.10. The first-order valence-electron chi connectivity index (χ1n) is 10.6. The number of hydrogen-bond donors (Lipinski definition) is 1. The predicted molar refractivity (Wildman–Crippen MR) is 120 cm³/mol. The van der Waals surface area contributed by atoms with Crippen LogP contribution in [0.4, 0.5) is 0 Å². The lowest BCUT2D eigenvalue weighted by molar-refractivity contribution is -0.142. The van der Waals surface area contributed by atoms with Gasteiger partial charge in [-0.2, -0.15) is 0 Å². The van der Waals surface area contributed by atoms with Crippen molar-refractivity contribution in [2.75, 3.05) is 6.61 Å². The number of aryl methyl sites for hydroxylation is 3. The Morgan fingerprint density at radius 2 is 1.73 bits per heavy atom. The Bertz CT molecular complexity index is 878. The first-order chi connectivity index (χ1) is 14.2. The molecule has 30 heavy (non-hydrogen) atoms. The van der Waals surface area contributed by atoms with E-state index < -0.39 is 6.04 Å². The lowest BCUT2D eigenvalue weighted by atomic mass is 10.1. The first-order valence-corrected chi connectivity index (χ1v) is 10.6. The molecule has 1 N–H and O–H groups in total. The number of benzene rings is 2. The zero-order valence-corrected chi connectivity index (χ0v) is 19.0. The second-order valence-corrected chi connectivity index (χ2v) is 8.00. The number of amides is 2. The summed E-state index contributed by atoms with van der Waals surface area (Å²) in [6, 6.07) is 13.3.